The van der Waals surface area contributed by atoms with Gasteiger partial charge in [-0.05, 0) is 83.9 Å². The largest absolute Gasteiger partial charge is 0.480 e. The third-order valence-electron chi connectivity index (χ3n) is 12.0. The molecule has 0 saturated carbocycles. The molecule has 24 heteroatoms. The van der Waals surface area contributed by atoms with Gasteiger partial charge in [-0.1, -0.05) is 12.1 Å². The maximum atomic E-state index is 13.2. The van der Waals surface area contributed by atoms with E-state index in [2.05, 4.69) is 25.4 Å². The molecule has 0 bridgehead atoms. The van der Waals surface area contributed by atoms with Gasteiger partial charge in [0.2, 0.25) is 0 Å². The van der Waals surface area contributed by atoms with Crippen LogP contribution in [0.1, 0.15) is 43.0 Å². The first-order valence-electron chi connectivity index (χ1n) is 22.5. The number of aliphatic imine (C=N–C) groups is 2. The van der Waals surface area contributed by atoms with Crippen molar-refractivity contribution in [2.24, 2.45) is 21.5 Å². The molecule has 4 aromatic rings. The van der Waals surface area contributed by atoms with E-state index in [-0.39, 0.29) is 44.0 Å². The van der Waals surface area contributed by atoms with Crippen LogP contribution >= 0.6 is 0 Å². The number of morpholine rings is 2. The minimum absolute atomic E-state index is 0.0489. The number of anilines is 4. The molecule has 8 rings (SSSR count). The molecule has 0 radical (unpaired) electrons. The summed E-state index contributed by atoms with van der Waals surface area (Å²) in [4.78, 5) is 113. The summed E-state index contributed by atoms with van der Waals surface area (Å²) in [7, 11) is 4.05. The van der Waals surface area contributed by atoms with Gasteiger partial charge >= 0.3 is 11.9 Å². The molecule has 0 aliphatic carbocycles. The number of fused-ring (bicyclic) bond motifs is 2. The predicted molar refractivity (Wildman–Crippen MR) is 262 cm³/mol. The Morgan fingerprint density at radius 2 is 1.11 bits per heavy atom. The second kappa shape index (κ2) is 22.7. The van der Waals surface area contributed by atoms with Crippen molar-refractivity contribution in [2.45, 2.75) is 37.5 Å². The summed E-state index contributed by atoms with van der Waals surface area (Å²) < 4.78 is 15.5. The lowest BCUT2D eigenvalue weighted by molar-refractivity contribution is -0.150. The topological polar surface area (TPSA) is 339 Å². The van der Waals surface area contributed by atoms with Gasteiger partial charge in [0, 0.05) is 72.2 Å². The number of carboxylic acids is 1. The number of carboxylic acid groups (broad SMARTS) is 1. The predicted octanol–water partition coefficient (Wildman–Crippen LogP) is -0.325. The van der Waals surface area contributed by atoms with Crippen LogP contribution in [0.5, 0.6) is 0 Å². The average molecular weight is 1010 g/mol. The Morgan fingerprint density at radius 3 is 1.52 bits per heavy atom. The third-order valence-corrected chi connectivity index (χ3v) is 12.0. The van der Waals surface area contributed by atoms with E-state index in [9.17, 15) is 48.6 Å². The molecule has 382 valence electrons. The molecule has 73 heavy (non-hydrogen) atoms. The number of aliphatic carboxylic acids is 1. The molecule has 24 nitrogen and oxygen atoms in total. The van der Waals surface area contributed by atoms with E-state index >= 15 is 0 Å². The molecule has 0 aromatic heterocycles. The van der Waals surface area contributed by atoms with Crippen molar-refractivity contribution in [3.63, 3.8) is 0 Å². The lowest BCUT2D eigenvalue weighted by Gasteiger charge is -2.34. The van der Waals surface area contributed by atoms with Crippen LogP contribution in [0.4, 0.5) is 22.7 Å². The van der Waals surface area contributed by atoms with Gasteiger partial charge in [-0.3, -0.25) is 48.3 Å². The number of amides is 6. The standard InChI is InChI=1S/C25H27N5O7.C24H25N5O7/c1-29(13-19(31)36-2)24(34)14-4-3-5-17(11-14)30-8-9-37-21(25(30)35)20(32)23(33)28-16-6-7-18-15(10-16)12-27-22(18)26;1-28(12-18(30)31)23(34)13-3-2-4-16(10-13)29-7-8-36-20(24(29)35)19(32)22(33)27-15-5-6-17-14(9-15)11-26-21(17)25/h3-7,10-11,20-21,32H,8-9,12-13H2,1-2H3,(H2,26,27)(H,28,33);2-6,9-10,19-20,32H,7-8,11-12H2,1H3,(H2,25,26)(H,27,33)(H,30,31)/t20-,21-;19-,20-/m11/s1. The fourth-order valence-electron chi connectivity index (χ4n) is 8.16. The lowest BCUT2D eigenvalue weighted by atomic mass is 10.1. The van der Waals surface area contributed by atoms with Gasteiger partial charge in [-0.15, -0.1) is 0 Å². The van der Waals surface area contributed by atoms with Gasteiger partial charge in [0.1, 0.15) is 24.8 Å². The number of nitrogens with zero attached hydrogens (tertiary/aromatic N) is 6. The molecule has 4 heterocycles. The van der Waals surface area contributed by atoms with E-state index in [1.165, 1.54) is 54.1 Å². The fourth-order valence-corrected chi connectivity index (χ4v) is 8.16. The van der Waals surface area contributed by atoms with E-state index in [0.717, 1.165) is 27.2 Å². The Hall–Kier alpha value is -8.58. The van der Waals surface area contributed by atoms with E-state index in [1.807, 2.05) is 0 Å². The Kier molecular flexibility index (Phi) is 16.2. The molecule has 2 fully saturated rings. The number of esters is 1. The Labute approximate surface area is 416 Å². The van der Waals surface area contributed by atoms with Crippen LogP contribution in [0, 0.1) is 0 Å². The number of nitrogens with two attached hydrogens (primary N) is 2. The zero-order valence-corrected chi connectivity index (χ0v) is 39.7. The number of likely N-dealkylation sites (N-methyl/N-ethyl adjacent to an activating group) is 2. The van der Waals surface area contributed by atoms with Crippen LogP contribution in [0.25, 0.3) is 0 Å². The maximum absolute atomic E-state index is 13.2. The number of ether oxygens (including phenoxy) is 3. The number of amidine groups is 2. The minimum Gasteiger partial charge on any atom is -0.480 e. The number of aliphatic hydroxyl groups excluding tert-OH is 2. The average Bonchev–Trinajstić information content (AvgIpc) is 3.95. The first kappa shape index (κ1) is 52.2. The summed E-state index contributed by atoms with van der Waals surface area (Å²) in [5.74, 6) is -4.75. The lowest BCUT2D eigenvalue weighted by Crippen LogP contribution is -2.55. The second-order valence-corrected chi connectivity index (χ2v) is 17.0. The van der Waals surface area contributed by atoms with Crippen molar-refractivity contribution in [1.29, 1.82) is 0 Å². The van der Waals surface area contributed by atoms with Gasteiger partial charge in [-0.2, -0.15) is 0 Å². The first-order valence-corrected chi connectivity index (χ1v) is 22.5. The monoisotopic (exact) mass is 1000 g/mol. The quantitative estimate of drug-likeness (QED) is 0.0796. The molecule has 6 amide bonds. The number of methoxy groups -OCH3 is 1. The van der Waals surface area contributed by atoms with Gasteiger partial charge in [0.15, 0.2) is 24.4 Å². The van der Waals surface area contributed by atoms with Crippen molar-refractivity contribution >= 4 is 81.8 Å². The summed E-state index contributed by atoms with van der Waals surface area (Å²) in [6.07, 6.45) is -6.47. The van der Waals surface area contributed by atoms with E-state index in [1.54, 1.807) is 66.7 Å². The van der Waals surface area contributed by atoms with Crippen molar-refractivity contribution < 1.29 is 67.9 Å². The second-order valence-electron chi connectivity index (χ2n) is 17.0. The Morgan fingerprint density at radius 1 is 0.685 bits per heavy atom. The summed E-state index contributed by atoms with van der Waals surface area (Å²) in [5.41, 5.74) is 16.9. The minimum atomic E-state index is -1.79. The summed E-state index contributed by atoms with van der Waals surface area (Å²) >= 11 is 0. The first-order chi connectivity index (χ1) is 34.8. The highest BCUT2D eigenvalue weighted by Gasteiger charge is 2.41. The van der Waals surface area contributed by atoms with Crippen LogP contribution in [0.2, 0.25) is 0 Å². The van der Waals surface area contributed by atoms with Gasteiger partial charge in [-0.25, -0.2) is 0 Å². The zero-order valence-electron chi connectivity index (χ0n) is 39.7. The molecule has 4 aliphatic heterocycles. The highest BCUT2D eigenvalue weighted by molar-refractivity contribution is 6.07. The molecular weight excluding hydrogens is 953 g/mol. The van der Waals surface area contributed by atoms with Crippen molar-refractivity contribution in [3.05, 3.63) is 118 Å². The highest BCUT2D eigenvalue weighted by atomic mass is 16.5. The number of hydrogen-bond acceptors (Lipinski definition) is 17. The van der Waals surface area contributed by atoms with Crippen LogP contribution in [-0.4, -0.2) is 169 Å². The number of nitrogens with one attached hydrogen (secondary N) is 2. The number of aliphatic hydroxyl groups is 2. The normalized spacial score (nSPS) is 17.6. The smallest absolute Gasteiger partial charge is 0.325 e. The Bertz CT molecular complexity index is 2930. The van der Waals surface area contributed by atoms with E-state index < -0.39 is 78.3 Å². The van der Waals surface area contributed by atoms with Gasteiger partial charge < -0.3 is 71.2 Å². The van der Waals surface area contributed by atoms with Gasteiger partial charge in [0.05, 0.1) is 33.4 Å². The molecule has 4 atom stereocenters. The van der Waals surface area contributed by atoms with E-state index in [0.29, 0.717) is 47.5 Å². The fraction of sp³-hybridized carbons (Fsp3) is 0.306. The SMILES string of the molecule is CN(CC(=O)O)C(=O)c1cccc(N2CCO[C@H]([C@@H](O)C(=O)Nc3ccc4c(c3)CN=C4N)C2=O)c1.COC(=O)CN(C)C(=O)c1cccc(N2CCO[C@H]([C@@H](O)C(=O)Nc3ccc4c(c3)CN=C4N)C2=O)c1. The zero-order chi connectivity index (χ0) is 52.7. The number of benzene rings is 4. The van der Waals surface area contributed by atoms with Crippen LogP contribution in [0.3, 0.4) is 0 Å². The molecule has 4 aliphatic rings. The van der Waals surface area contributed by atoms with E-state index in [4.69, 9.17) is 26.0 Å². The van der Waals surface area contributed by atoms with Crippen molar-refractivity contribution in [3.8, 4) is 0 Å². The molecule has 0 spiro atoms. The summed E-state index contributed by atoms with van der Waals surface area (Å²) in [6, 6.07) is 22.5. The third kappa shape index (κ3) is 12.0. The maximum Gasteiger partial charge on any atom is 0.325 e. The van der Waals surface area contributed by atoms with Crippen molar-refractivity contribution in [2.75, 3.05) is 81.0 Å². The number of carbonyl (C=O) groups is 8. The number of carbonyl (C=O) groups excluding carboxylic acids is 7. The van der Waals surface area contributed by atoms with Crippen LogP contribution in [-0.2, 0) is 56.1 Å². The summed E-state index contributed by atoms with van der Waals surface area (Å²) in [6.45, 7) is 0.485. The molecular formula is C49H52N10O14. The molecule has 2 saturated heterocycles. The Balaban J connectivity index is 0.000000214. The summed E-state index contributed by atoms with van der Waals surface area (Å²) in [5, 5.41) is 35.4. The van der Waals surface area contributed by atoms with Crippen molar-refractivity contribution in [1.82, 2.24) is 9.80 Å². The highest BCUT2D eigenvalue weighted by Crippen LogP contribution is 2.27. The number of rotatable bonds is 14. The molecule has 9 N–H and O–H groups in total. The van der Waals surface area contributed by atoms with Crippen LogP contribution in [0.15, 0.2) is 94.9 Å². The molecule has 0 unspecified atom stereocenters. The van der Waals surface area contributed by atoms with Gasteiger partial charge in [0.25, 0.3) is 35.4 Å². The van der Waals surface area contributed by atoms with Crippen LogP contribution < -0.4 is 31.9 Å². The number of hydrogen-bond donors (Lipinski definition) is 7. The molecule has 4 aromatic carbocycles.